The van der Waals surface area contributed by atoms with E-state index in [1.165, 1.54) is 0 Å². The Balaban J connectivity index is 0.00000289. The minimum atomic E-state index is 0. The van der Waals surface area contributed by atoms with Crippen LogP contribution in [0.1, 0.15) is 23.9 Å². The number of hydrogen-bond donors (Lipinski definition) is 3. The largest absolute Gasteiger partial charge is 0.497 e. The molecule has 12 heteroatoms. The highest BCUT2D eigenvalue weighted by molar-refractivity contribution is 14.0. The number of benzene rings is 1. The monoisotopic (exact) mass is 553 g/mol. The number of H-pyrrole nitrogens is 1. The maximum atomic E-state index is 5.19. The number of aromatic amines is 1. The fourth-order valence-electron chi connectivity index (χ4n) is 3.47. The summed E-state index contributed by atoms with van der Waals surface area (Å²) in [5.41, 5.74) is 0.921. The molecule has 0 saturated carbocycles. The summed E-state index contributed by atoms with van der Waals surface area (Å²) in [6.45, 7) is 1.63. The van der Waals surface area contributed by atoms with E-state index >= 15 is 0 Å². The molecule has 11 nitrogen and oxygen atoms in total. The molecule has 1 aromatic carbocycles. The number of nitrogens with zero attached hydrogens (tertiary/aromatic N) is 6. The zero-order chi connectivity index (χ0) is 21.6. The van der Waals surface area contributed by atoms with Crippen molar-refractivity contribution in [3.63, 3.8) is 0 Å². The number of ether oxygens (including phenoxy) is 2. The first kappa shape index (κ1) is 23.9. The highest BCUT2D eigenvalue weighted by atomic mass is 127. The maximum Gasteiger partial charge on any atom is 0.191 e. The first-order valence-corrected chi connectivity index (χ1v) is 10.1. The molecule has 172 valence electrons. The molecule has 1 atom stereocenters. The van der Waals surface area contributed by atoms with Gasteiger partial charge in [0.25, 0.3) is 0 Å². The molecule has 1 aliphatic heterocycles. The minimum absolute atomic E-state index is 0. The van der Waals surface area contributed by atoms with Crippen LogP contribution < -0.4 is 15.4 Å². The van der Waals surface area contributed by atoms with E-state index in [0.29, 0.717) is 24.9 Å². The second-order valence-corrected chi connectivity index (χ2v) is 7.20. The summed E-state index contributed by atoms with van der Waals surface area (Å²) in [6.07, 6.45) is 1.81. The zero-order valence-corrected chi connectivity index (χ0v) is 20.7. The van der Waals surface area contributed by atoms with Gasteiger partial charge in [0.15, 0.2) is 17.6 Å². The average molecular weight is 553 g/mol. The van der Waals surface area contributed by atoms with Gasteiger partial charge in [-0.2, -0.15) is 10.2 Å². The predicted molar refractivity (Wildman–Crippen MR) is 130 cm³/mol. The fraction of sp³-hybridized carbons (Fsp3) is 0.450. The van der Waals surface area contributed by atoms with Crippen molar-refractivity contribution in [2.24, 2.45) is 4.99 Å². The molecular weight excluding hydrogens is 525 g/mol. The Kier molecular flexibility index (Phi) is 8.39. The first-order chi connectivity index (χ1) is 15.2. The van der Waals surface area contributed by atoms with Gasteiger partial charge in [0.2, 0.25) is 0 Å². The van der Waals surface area contributed by atoms with Crippen LogP contribution in [0.25, 0.3) is 11.4 Å². The van der Waals surface area contributed by atoms with E-state index in [0.717, 1.165) is 48.2 Å². The van der Waals surface area contributed by atoms with Crippen LogP contribution in [0.4, 0.5) is 0 Å². The lowest BCUT2D eigenvalue weighted by Crippen LogP contribution is -2.46. The fourth-order valence-corrected chi connectivity index (χ4v) is 3.47. The van der Waals surface area contributed by atoms with Crippen molar-refractivity contribution in [3.8, 4) is 17.1 Å². The summed E-state index contributed by atoms with van der Waals surface area (Å²) < 4.78 is 12.3. The van der Waals surface area contributed by atoms with Crippen LogP contribution in [0.2, 0.25) is 0 Å². The third-order valence-corrected chi connectivity index (χ3v) is 5.04. The van der Waals surface area contributed by atoms with Gasteiger partial charge in [-0.3, -0.25) is 10.1 Å². The maximum absolute atomic E-state index is 5.19. The van der Waals surface area contributed by atoms with E-state index in [9.17, 15) is 0 Å². The van der Waals surface area contributed by atoms with Crippen LogP contribution in [0.15, 0.2) is 29.3 Å². The molecule has 3 heterocycles. The molecule has 0 amide bonds. The molecule has 1 aliphatic rings. The molecule has 3 N–H and O–H groups in total. The van der Waals surface area contributed by atoms with E-state index < -0.39 is 0 Å². The Hall–Kier alpha value is -2.74. The van der Waals surface area contributed by atoms with Crippen molar-refractivity contribution >= 4 is 29.9 Å². The van der Waals surface area contributed by atoms with Gasteiger partial charge < -0.3 is 20.1 Å². The van der Waals surface area contributed by atoms with Gasteiger partial charge in [-0.1, -0.05) is 0 Å². The van der Waals surface area contributed by atoms with E-state index in [1.807, 2.05) is 28.9 Å². The van der Waals surface area contributed by atoms with Crippen molar-refractivity contribution in [1.82, 2.24) is 40.6 Å². The molecule has 1 unspecified atom stereocenters. The Morgan fingerprint density at radius 1 is 1.25 bits per heavy atom. The van der Waals surface area contributed by atoms with Gasteiger partial charge in [0.05, 0.1) is 20.2 Å². The first-order valence-electron chi connectivity index (χ1n) is 10.1. The summed E-state index contributed by atoms with van der Waals surface area (Å²) in [6, 6.07) is 7.84. The number of aliphatic imine (C=N–C) groups is 1. The molecule has 3 aromatic rings. The van der Waals surface area contributed by atoms with Crippen LogP contribution in [0.3, 0.4) is 0 Å². The smallest absolute Gasteiger partial charge is 0.191 e. The molecule has 0 fully saturated rings. The van der Waals surface area contributed by atoms with E-state index in [2.05, 4.69) is 40.9 Å². The number of halogens is 1. The van der Waals surface area contributed by atoms with Gasteiger partial charge in [-0.05, 0) is 30.7 Å². The van der Waals surface area contributed by atoms with Crippen LogP contribution >= 0.6 is 24.0 Å². The van der Waals surface area contributed by atoms with E-state index in [4.69, 9.17) is 9.47 Å². The number of nitrogens with one attached hydrogen (secondary N) is 3. The number of guanidine groups is 1. The standard InChI is InChI=1S/C20H27N9O2.HI/c1-21-20(23-14-6-9-18-24-17(12-30-2)28-29(18)11-14)22-10-16-25-19(27-26-16)13-4-7-15(31-3)8-5-13;/h4-5,7-8,14H,6,9-12H2,1-3H3,(H2,21,22,23)(H,25,26,27);1H. The van der Waals surface area contributed by atoms with E-state index in [1.54, 1.807) is 21.3 Å². The molecule has 0 saturated heterocycles. The van der Waals surface area contributed by atoms with Crippen molar-refractivity contribution in [1.29, 1.82) is 0 Å². The Morgan fingerprint density at radius 3 is 2.78 bits per heavy atom. The predicted octanol–water partition coefficient (Wildman–Crippen LogP) is 1.52. The third-order valence-electron chi connectivity index (χ3n) is 5.04. The molecule has 0 bridgehead atoms. The van der Waals surface area contributed by atoms with E-state index in [-0.39, 0.29) is 30.0 Å². The average Bonchev–Trinajstić information content (AvgIpc) is 3.43. The second kappa shape index (κ2) is 11.2. The van der Waals surface area contributed by atoms with Crippen LogP contribution in [-0.2, 0) is 30.9 Å². The summed E-state index contributed by atoms with van der Waals surface area (Å²) in [7, 11) is 5.04. The molecule has 32 heavy (non-hydrogen) atoms. The highest BCUT2D eigenvalue weighted by Crippen LogP contribution is 2.19. The number of fused-ring (bicyclic) bond motifs is 1. The van der Waals surface area contributed by atoms with Gasteiger partial charge in [0, 0.05) is 32.2 Å². The summed E-state index contributed by atoms with van der Waals surface area (Å²) >= 11 is 0. The number of aromatic nitrogens is 6. The molecule has 0 spiro atoms. The number of methoxy groups -OCH3 is 2. The number of aryl methyl sites for hydroxylation is 1. The van der Waals surface area contributed by atoms with Crippen LogP contribution in [-0.4, -0.2) is 63.2 Å². The van der Waals surface area contributed by atoms with Crippen LogP contribution in [0.5, 0.6) is 5.75 Å². The lowest BCUT2D eigenvalue weighted by atomic mass is 10.1. The molecule has 2 aromatic heterocycles. The topological polar surface area (TPSA) is 127 Å². The quantitative estimate of drug-likeness (QED) is 0.229. The summed E-state index contributed by atoms with van der Waals surface area (Å²) in [5, 5.41) is 18.5. The van der Waals surface area contributed by atoms with Crippen molar-refractivity contribution in [2.75, 3.05) is 21.3 Å². The summed E-state index contributed by atoms with van der Waals surface area (Å²) in [5.74, 6) is 4.58. The number of hydrogen-bond acceptors (Lipinski definition) is 7. The molecule has 0 radical (unpaired) electrons. The molecule has 4 rings (SSSR count). The normalized spacial score (nSPS) is 15.6. The zero-order valence-electron chi connectivity index (χ0n) is 18.3. The van der Waals surface area contributed by atoms with Gasteiger partial charge in [-0.25, -0.2) is 14.6 Å². The molecule has 0 aliphatic carbocycles. The lowest BCUT2D eigenvalue weighted by molar-refractivity contribution is 0.177. The molecular formula is C20H28IN9O2. The highest BCUT2D eigenvalue weighted by Gasteiger charge is 2.22. The lowest BCUT2D eigenvalue weighted by Gasteiger charge is -2.25. The van der Waals surface area contributed by atoms with Crippen molar-refractivity contribution in [3.05, 3.63) is 41.7 Å². The third kappa shape index (κ3) is 5.73. The van der Waals surface area contributed by atoms with Crippen LogP contribution in [0, 0.1) is 0 Å². The summed E-state index contributed by atoms with van der Waals surface area (Å²) in [4.78, 5) is 13.4. The number of rotatable bonds is 7. The minimum Gasteiger partial charge on any atom is -0.497 e. The van der Waals surface area contributed by atoms with Gasteiger partial charge >= 0.3 is 0 Å². The Morgan fingerprint density at radius 2 is 2.06 bits per heavy atom. The van der Waals surface area contributed by atoms with Crippen molar-refractivity contribution < 1.29 is 9.47 Å². The van der Waals surface area contributed by atoms with Gasteiger partial charge in [-0.15, -0.1) is 24.0 Å². The Labute approximate surface area is 203 Å². The van der Waals surface area contributed by atoms with Crippen molar-refractivity contribution in [2.45, 2.75) is 38.6 Å². The second-order valence-electron chi connectivity index (χ2n) is 7.20. The SMILES string of the molecule is CN=C(NCc1nc(-c2ccc(OC)cc2)n[nH]1)NC1CCc2nc(COC)nn2C1.I. The van der Waals surface area contributed by atoms with Gasteiger partial charge in [0.1, 0.15) is 24.0 Å². The Bertz CT molecular complexity index is 1030.